The fourth-order valence-electron chi connectivity index (χ4n) is 1.76. The van der Waals surface area contributed by atoms with E-state index in [1.54, 1.807) is 0 Å². The number of quaternary nitrogens is 1. The van der Waals surface area contributed by atoms with Crippen molar-refractivity contribution in [3.8, 4) is 0 Å². The Hall–Kier alpha value is -1.10. The van der Waals surface area contributed by atoms with Crippen LogP contribution in [0.2, 0.25) is 0 Å². The first-order valence-electron chi connectivity index (χ1n) is 6.03. The van der Waals surface area contributed by atoms with E-state index in [1.165, 1.54) is 0 Å². The van der Waals surface area contributed by atoms with Crippen LogP contribution >= 0.6 is 0 Å². The Morgan fingerprint density at radius 2 is 2.00 bits per heavy atom. The van der Waals surface area contributed by atoms with Crippen molar-refractivity contribution in [3.63, 3.8) is 0 Å². The molecule has 1 aromatic rings. The molecule has 0 aliphatic heterocycles. The highest BCUT2D eigenvalue weighted by Crippen LogP contribution is 2.19. The predicted molar refractivity (Wildman–Crippen MR) is 63.9 cm³/mol. The van der Waals surface area contributed by atoms with Gasteiger partial charge in [0.15, 0.2) is 0 Å². The number of benzene rings is 1. The number of aliphatic hydroxyl groups excluding tert-OH is 1. The van der Waals surface area contributed by atoms with E-state index in [0.29, 0.717) is 6.42 Å². The molecule has 2 rings (SSSR count). The van der Waals surface area contributed by atoms with Gasteiger partial charge < -0.3 is 28.6 Å². The van der Waals surface area contributed by atoms with Crippen LogP contribution in [0.25, 0.3) is 0 Å². The van der Waals surface area contributed by atoms with Crippen molar-refractivity contribution in [2.24, 2.45) is 0 Å². The van der Waals surface area contributed by atoms with E-state index in [4.69, 9.17) is 0 Å². The van der Waals surface area contributed by atoms with Gasteiger partial charge in [0, 0.05) is 18.0 Å². The Balaban J connectivity index is 0.00000162. The van der Waals surface area contributed by atoms with Crippen LogP contribution in [0.1, 0.15) is 30.9 Å². The number of halogens is 1. The molecule has 5 N–H and O–H groups in total. The van der Waals surface area contributed by atoms with Gasteiger partial charge in [0.25, 0.3) is 0 Å². The SMILES string of the molecule is [Cl-].[NH3+]C(CC(O)C(=O)NC1CC1)c1ccccc1. The maximum absolute atomic E-state index is 11.6. The van der Waals surface area contributed by atoms with Crippen LogP contribution in [-0.4, -0.2) is 23.2 Å². The van der Waals surface area contributed by atoms with E-state index >= 15 is 0 Å². The highest BCUT2D eigenvalue weighted by molar-refractivity contribution is 5.81. The maximum atomic E-state index is 11.6. The highest BCUT2D eigenvalue weighted by Gasteiger charge is 2.28. The van der Waals surface area contributed by atoms with Gasteiger partial charge in [-0.05, 0) is 12.8 Å². The van der Waals surface area contributed by atoms with Crippen LogP contribution < -0.4 is 23.5 Å². The van der Waals surface area contributed by atoms with Crippen molar-refractivity contribution in [3.05, 3.63) is 35.9 Å². The van der Waals surface area contributed by atoms with Crippen molar-refractivity contribution in [1.82, 2.24) is 5.32 Å². The summed E-state index contributed by atoms with van der Waals surface area (Å²) in [5.41, 5.74) is 5.03. The molecular weight excluding hydrogens is 252 g/mol. The van der Waals surface area contributed by atoms with Gasteiger partial charge >= 0.3 is 0 Å². The van der Waals surface area contributed by atoms with Crippen molar-refractivity contribution >= 4 is 5.91 Å². The minimum absolute atomic E-state index is 0. The first-order chi connectivity index (χ1) is 8.16. The van der Waals surface area contributed by atoms with Gasteiger partial charge in [0.2, 0.25) is 5.91 Å². The lowest BCUT2D eigenvalue weighted by Crippen LogP contribution is -3.00. The van der Waals surface area contributed by atoms with Crippen LogP contribution in [-0.2, 0) is 4.79 Å². The summed E-state index contributed by atoms with van der Waals surface area (Å²) >= 11 is 0. The second-order valence-corrected chi connectivity index (χ2v) is 4.64. The molecule has 1 aliphatic carbocycles. The van der Waals surface area contributed by atoms with E-state index in [-0.39, 0.29) is 30.4 Å². The molecule has 1 amide bonds. The summed E-state index contributed by atoms with van der Waals surface area (Å²) in [4.78, 5) is 11.6. The molecule has 4 nitrogen and oxygen atoms in total. The Morgan fingerprint density at radius 1 is 1.39 bits per heavy atom. The zero-order valence-electron chi connectivity index (χ0n) is 10.2. The second kappa shape index (κ2) is 6.73. The average Bonchev–Trinajstić information content (AvgIpc) is 3.14. The molecule has 0 heterocycles. The van der Waals surface area contributed by atoms with Gasteiger partial charge in [-0.1, -0.05) is 30.3 Å². The average molecular weight is 271 g/mol. The minimum Gasteiger partial charge on any atom is -1.00 e. The topological polar surface area (TPSA) is 77.0 Å². The van der Waals surface area contributed by atoms with Crippen molar-refractivity contribution in [2.45, 2.75) is 37.5 Å². The van der Waals surface area contributed by atoms with Gasteiger partial charge in [-0.3, -0.25) is 4.79 Å². The monoisotopic (exact) mass is 270 g/mol. The number of aliphatic hydroxyl groups is 1. The van der Waals surface area contributed by atoms with E-state index < -0.39 is 6.10 Å². The Morgan fingerprint density at radius 3 is 2.56 bits per heavy atom. The Labute approximate surface area is 113 Å². The van der Waals surface area contributed by atoms with E-state index in [0.717, 1.165) is 18.4 Å². The number of rotatable bonds is 5. The number of hydrogen-bond acceptors (Lipinski definition) is 2. The third-order valence-corrected chi connectivity index (χ3v) is 3.01. The molecule has 2 unspecified atom stereocenters. The van der Waals surface area contributed by atoms with Crippen LogP contribution in [0.4, 0.5) is 0 Å². The lowest BCUT2D eigenvalue weighted by atomic mass is 10.0. The molecule has 5 heteroatoms. The molecular formula is C13H19ClN2O2. The Bertz CT molecular complexity index is 382. The van der Waals surface area contributed by atoms with Crippen molar-refractivity contribution < 1.29 is 28.0 Å². The summed E-state index contributed by atoms with van der Waals surface area (Å²) in [6, 6.07) is 9.96. The fourth-order valence-corrected chi connectivity index (χ4v) is 1.76. The summed E-state index contributed by atoms with van der Waals surface area (Å²) in [5, 5.41) is 12.6. The van der Waals surface area contributed by atoms with E-state index in [1.807, 2.05) is 30.3 Å². The van der Waals surface area contributed by atoms with Gasteiger partial charge in [0.05, 0.1) is 0 Å². The van der Waals surface area contributed by atoms with Gasteiger partial charge in [0.1, 0.15) is 12.1 Å². The molecule has 2 atom stereocenters. The standard InChI is InChI=1S/C13H18N2O2.ClH/c14-11(9-4-2-1-3-5-9)8-12(16)13(17)15-10-6-7-10;/h1-5,10-12,16H,6-8,14H2,(H,15,17);1H. The molecule has 0 radical (unpaired) electrons. The van der Waals surface area contributed by atoms with E-state index in [2.05, 4.69) is 11.1 Å². The normalized spacial score (nSPS) is 17.4. The quantitative estimate of drug-likeness (QED) is 0.534. The molecule has 0 bridgehead atoms. The summed E-state index contributed by atoms with van der Waals surface area (Å²) in [6.07, 6.45) is 1.47. The lowest BCUT2D eigenvalue weighted by Gasteiger charge is -2.14. The molecule has 0 saturated heterocycles. The molecule has 1 saturated carbocycles. The third kappa shape index (κ3) is 4.29. The molecule has 1 aliphatic rings. The zero-order chi connectivity index (χ0) is 12.3. The Kier molecular flexibility index (Phi) is 5.59. The molecule has 0 aromatic heterocycles. The van der Waals surface area contributed by atoms with Gasteiger partial charge in [-0.2, -0.15) is 0 Å². The zero-order valence-corrected chi connectivity index (χ0v) is 10.9. The smallest absolute Gasteiger partial charge is 0.249 e. The number of nitrogens with one attached hydrogen (secondary N) is 1. The second-order valence-electron chi connectivity index (χ2n) is 4.64. The number of hydrogen-bond donors (Lipinski definition) is 3. The van der Waals surface area contributed by atoms with E-state index in [9.17, 15) is 9.90 Å². The minimum atomic E-state index is -0.960. The molecule has 1 fully saturated rings. The number of carbonyl (C=O) groups excluding carboxylic acids is 1. The molecule has 0 spiro atoms. The van der Waals surface area contributed by atoms with Crippen LogP contribution in [0.3, 0.4) is 0 Å². The van der Waals surface area contributed by atoms with Gasteiger partial charge in [-0.15, -0.1) is 0 Å². The van der Waals surface area contributed by atoms with Crippen molar-refractivity contribution in [2.75, 3.05) is 0 Å². The third-order valence-electron chi connectivity index (χ3n) is 3.01. The summed E-state index contributed by atoms with van der Waals surface area (Å²) in [5.74, 6) is -0.267. The summed E-state index contributed by atoms with van der Waals surface area (Å²) in [6.45, 7) is 0. The number of amides is 1. The van der Waals surface area contributed by atoms with Crippen LogP contribution in [0, 0.1) is 0 Å². The maximum Gasteiger partial charge on any atom is 0.249 e. The summed E-state index contributed by atoms with van der Waals surface area (Å²) in [7, 11) is 0. The highest BCUT2D eigenvalue weighted by atomic mass is 35.5. The largest absolute Gasteiger partial charge is 1.00 e. The molecule has 1 aromatic carbocycles. The molecule has 100 valence electrons. The lowest BCUT2D eigenvalue weighted by molar-refractivity contribution is -0.430. The van der Waals surface area contributed by atoms with Crippen LogP contribution in [0.5, 0.6) is 0 Å². The summed E-state index contributed by atoms with van der Waals surface area (Å²) < 4.78 is 0. The predicted octanol–water partition coefficient (Wildman–Crippen LogP) is -3.00. The first-order valence-corrected chi connectivity index (χ1v) is 6.03. The first kappa shape index (κ1) is 15.0. The van der Waals surface area contributed by atoms with Crippen LogP contribution in [0.15, 0.2) is 30.3 Å². The number of carbonyl (C=O) groups is 1. The fraction of sp³-hybridized carbons (Fsp3) is 0.462. The van der Waals surface area contributed by atoms with Gasteiger partial charge in [-0.25, -0.2) is 0 Å². The molecule has 18 heavy (non-hydrogen) atoms. The van der Waals surface area contributed by atoms with Crippen molar-refractivity contribution in [1.29, 1.82) is 0 Å².